The second-order valence-corrected chi connectivity index (χ2v) is 8.06. The van der Waals surface area contributed by atoms with Gasteiger partial charge in [-0.25, -0.2) is 4.98 Å². The number of anilines is 2. The molecule has 168 valence electrons. The van der Waals surface area contributed by atoms with Gasteiger partial charge >= 0.3 is 0 Å². The van der Waals surface area contributed by atoms with Crippen molar-refractivity contribution in [3.05, 3.63) is 66.8 Å². The van der Waals surface area contributed by atoms with Gasteiger partial charge in [-0.3, -0.25) is 9.67 Å². The Bertz CT molecular complexity index is 1320. The number of ether oxygens (including phenoxy) is 2. The lowest BCUT2D eigenvalue weighted by Crippen LogP contribution is -2.09. The standard InChI is InChI=1S/C25H25N5O3/c1-29-13-18(11-27-29)25-12-26-23-5-4-19(9-24(23)28-25)30(14-16-6-17(16)15-31)20-7-21(32-2)10-22(8-20)33-3/h4-5,7-14,17,31H,6,15H2,1-3H3/b16-14-/t17-/m0/s1. The molecule has 1 N–H and O–H groups in total. The quantitative estimate of drug-likeness (QED) is 0.461. The lowest BCUT2D eigenvalue weighted by molar-refractivity contribution is 0.281. The number of methoxy groups -OCH3 is 2. The van der Waals surface area contributed by atoms with Gasteiger partial charge < -0.3 is 19.5 Å². The van der Waals surface area contributed by atoms with Crippen LogP contribution < -0.4 is 14.4 Å². The number of fused-ring (bicyclic) bond motifs is 1. The highest BCUT2D eigenvalue weighted by atomic mass is 16.5. The van der Waals surface area contributed by atoms with E-state index in [0.29, 0.717) is 11.5 Å². The lowest BCUT2D eigenvalue weighted by atomic mass is 10.2. The first kappa shape index (κ1) is 21.0. The minimum absolute atomic E-state index is 0.152. The van der Waals surface area contributed by atoms with Crippen LogP contribution in [0.2, 0.25) is 0 Å². The van der Waals surface area contributed by atoms with E-state index in [1.165, 1.54) is 5.57 Å². The van der Waals surface area contributed by atoms with Crippen molar-refractivity contribution >= 4 is 22.4 Å². The molecule has 1 atom stereocenters. The van der Waals surface area contributed by atoms with Crippen molar-refractivity contribution in [1.29, 1.82) is 0 Å². The van der Waals surface area contributed by atoms with E-state index in [2.05, 4.69) is 21.2 Å². The lowest BCUT2D eigenvalue weighted by Gasteiger charge is -2.22. The normalized spacial score (nSPS) is 16.2. The molecule has 1 aliphatic carbocycles. The number of nitrogens with zero attached hydrogens (tertiary/aromatic N) is 5. The number of aryl methyl sites for hydroxylation is 1. The van der Waals surface area contributed by atoms with Crippen molar-refractivity contribution in [3.8, 4) is 22.8 Å². The smallest absolute Gasteiger partial charge is 0.124 e. The van der Waals surface area contributed by atoms with Gasteiger partial charge in [-0.05, 0) is 30.2 Å². The first-order valence-electron chi connectivity index (χ1n) is 10.7. The van der Waals surface area contributed by atoms with Crippen LogP contribution in [0.1, 0.15) is 6.42 Å². The van der Waals surface area contributed by atoms with Gasteiger partial charge in [0.2, 0.25) is 0 Å². The maximum Gasteiger partial charge on any atom is 0.124 e. The summed E-state index contributed by atoms with van der Waals surface area (Å²) in [5, 5.41) is 13.8. The van der Waals surface area contributed by atoms with Gasteiger partial charge in [-0.1, -0.05) is 0 Å². The van der Waals surface area contributed by atoms with Gasteiger partial charge in [0.1, 0.15) is 11.5 Å². The van der Waals surface area contributed by atoms with Crippen molar-refractivity contribution in [1.82, 2.24) is 19.7 Å². The van der Waals surface area contributed by atoms with Crippen LogP contribution in [-0.4, -0.2) is 45.7 Å². The Morgan fingerprint density at radius 3 is 2.48 bits per heavy atom. The van der Waals surface area contributed by atoms with Crippen molar-refractivity contribution in [3.63, 3.8) is 0 Å². The number of benzene rings is 2. The van der Waals surface area contributed by atoms with Gasteiger partial charge in [-0.2, -0.15) is 5.10 Å². The summed E-state index contributed by atoms with van der Waals surface area (Å²) in [5.74, 6) is 1.60. The molecule has 0 radical (unpaired) electrons. The number of aliphatic hydroxyl groups is 1. The highest BCUT2D eigenvalue weighted by Crippen LogP contribution is 2.41. The van der Waals surface area contributed by atoms with Crippen LogP contribution in [0.5, 0.6) is 11.5 Å². The first-order chi connectivity index (χ1) is 16.1. The molecule has 0 saturated heterocycles. The van der Waals surface area contributed by atoms with Crippen LogP contribution >= 0.6 is 0 Å². The van der Waals surface area contributed by atoms with E-state index in [-0.39, 0.29) is 12.5 Å². The minimum atomic E-state index is 0.152. The number of aromatic nitrogens is 4. The fourth-order valence-corrected chi connectivity index (χ4v) is 3.80. The molecule has 8 heteroatoms. The molecule has 0 amide bonds. The topological polar surface area (TPSA) is 85.5 Å². The molecule has 33 heavy (non-hydrogen) atoms. The van der Waals surface area contributed by atoms with Crippen molar-refractivity contribution in [2.24, 2.45) is 13.0 Å². The number of aliphatic hydroxyl groups excluding tert-OH is 1. The molecule has 1 fully saturated rings. The average molecular weight is 444 g/mol. The summed E-state index contributed by atoms with van der Waals surface area (Å²) in [5.41, 5.74) is 6.27. The van der Waals surface area contributed by atoms with Crippen molar-refractivity contribution in [2.45, 2.75) is 6.42 Å². The molecule has 0 spiro atoms. The summed E-state index contributed by atoms with van der Waals surface area (Å²) in [7, 11) is 5.15. The fourth-order valence-electron chi connectivity index (χ4n) is 3.80. The van der Waals surface area contributed by atoms with E-state index < -0.39 is 0 Å². The highest BCUT2D eigenvalue weighted by Gasteiger charge is 2.30. The maximum atomic E-state index is 9.55. The summed E-state index contributed by atoms with van der Waals surface area (Å²) in [6.45, 7) is 0.152. The highest BCUT2D eigenvalue weighted by molar-refractivity contribution is 5.83. The van der Waals surface area contributed by atoms with Gasteiger partial charge in [0.25, 0.3) is 0 Å². The molecule has 4 aromatic rings. The Morgan fingerprint density at radius 1 is 1.06 bits per heavy atom. The molecule has 5 rings (SSSR count). The Hall–Kier alpha value is -3.91. The second kappa shape index (κ2) is 8.55. The SMILES string of the molecule is COc1cc(OC)cc(N(/C=C2/C[C@H]2CO)c2ccc3ncc(-c4cnn(C)c4)nc3c2)c1. The predicted molar refractivity (Wildman–Crippen MR) is 127 cm³/mol. The molecule has 1 saturated carbocycles. The summed E-state index contributed by atoms with van der Waals surface area (Å²) in [6, 6.07) is 11.7. The van der Waals surface area contributed by atoms with Crippen LogP contribution in [0, 0.1) is 5.92 Å². The number of hydrogen-bond acceptors (Lipinski definition) is 7. The Labute approximate surface area is 191 Å². The largest absolute Gasteiger partial charge is 0.497 e. The maximum absolute atomic E-state index is 9.55. The fraction of sp³-hybridized carbons (Fsp3) is 0.240. The summed E-state index contributed by atoms with van der Waals surface area (Å²) in [4.78, 5) is 11.5. The van der Waals surface area contributed by atoms with Crippen LogP contribution in [0.15, 0.2) is 66.8 Å². The summed E-state index contributed by atoms with van der Waals surface area (Å²) < 4.78 is 12.7. The third-order valence-electron chi connectivity index (χ3n) is 5.78. The average Bonchev–Trinajstić information content (AvgIpc) is 3.48. The van der Waals surface area contributed by atoms with Gasteiger partial charge in [0.05, 0.1) is 49.0 Å². The van der Waals surface area contributed by atoms with E-state index in [9.17, 15) is 5.11 Å². The van der Waals surface area contributed by atoms with E-state index in [1.807, 2.05) is 49.6 Å². The first-order valence-corrected chi connectivity index (χ1v) is 10.7. The predicted octanol–water partition coefficient (Wildman–Crippen LogP) is 4.08. The Morgan fingerprint density at radius 2 is 1.85 bits per heavy atom. The van der Waals surface area contributed by atoms with E-state index >= 15 is 0 Å². The van der Waals surface area contributed by atoms with Crippen LogP contribution in [0.25, 0.3) is 22.3 Å². The summed E-state index contributed by atoms with van der Waals surface area (Å²) in [6.07, 6.45) is 8.42. The van der Waals surface area contributed by atoms with Crippen LogP contribution in [0.4, 0.5) is 11.4 Å². The third-order valence-corrected chi connectivity index (χ3v) is 5.78. The molecular formula is C25H25N5O3. The molecule has 2 aromatic carbocycles. The van der Waals surface area contributed by atoms with Crippen LogP contribution in [-0.2, 0) is 7.05 Å². The van der Waals surface area contributed by atoms with Gasteiger partial charge in [0.15, 0.2) is 0 Å². The Kier molecular flexibility index (Phi) is 5.43. The van der Waals surface area contributed by atoms with E-state index in [4.69, 9.17) is 14.5 Å². The molecular weight excluding hydrogens is 418 g/mol. The number of hydrogen-bond donors (Lipinski definition) is 1. The summed E-state index contributed by atoms with van der Waals surface area (Å²) >= 11 is 0. The second-order valence-electron chi connectivity index (χ2n) is 8.06. The molecule has 0 bridgehead atoms. The zero-order valence-electron chi connectivity index (χ0n) is 18.8. The van der Waals surface area contributed by atoms with E-state index in [0.717, 1.165) is 40.1 Å². The molecule has 2 aromatic heterocycles. The van der Waals surface area contributed by atoms with Crippen molar-refractivity contribution in [2.75, 3.05) is 25.7 Å². The Balaban J connectivity index is 1.61. The zero-order valence-corrected chi connectivity index (χ0v) is 18.8. The monoisotopic (exact) mass is 443 g/mol. The molecule has 0 aliphatic heterocycles. The molecule has 1 aliphatic rings. The number of rotatable bonds is 7. The van der Waals surface area contributed by atoms with Crippen LogP contribution in [0.3, 0.4) is 0 Å². The van der Waals surface area contributed by atoms with Gasteiger partial charge in [0, 0.05) is 61.4 Å². The zero-order chi connectivity index (χ0) is 22.9. The molecule has 0 unspecified atom stereocenters. The molecule has 2 heterocycles. The van der Waals surface area contributed by atoms with E-state index in [1.54, 1.807) is 31.3 Å². The minimum Gasteiger partial charge on any atom is -0.497 e. The third kappa shape index (κ3) is 4.25. The molecule has 8 nitrogen and oxygen atoms in total. The van der Waals surface area contributed by atoms with Gasteiger partial charge in [-0.15, -0.1) is 0 Å². The van der Waals surface area contributed by atoms with Crippen molar-refractivity contribution < 1.29 is 14.6 Å².